The van der Waals surface area contributed by atoms with Crippen molar-refractivity contribution < 1.29 is 9.31 Å². The van der Waals surface area contributed by atoms with Crippen LogP contribution in [0.3, 0.4) is 0 Å². The average Bonchev–Trinajstić information content (AvgIpc) is 2.48. The van der Waals surface area contributed by atoms with Crippen molar-refractivity contribution in [1.29, 1.82) is 5.26 Å². The van der Waals surface area contributed by atoms with Crippen LogP contribution in [0, 0.1) is 27.3 Å². The summed E-state index contributed by atoms with van der Waals surface area (Å²) in [5.41, 5.74) is 0.870. The molecule has 0 aromatic heterocycles. The number of nitriles is 1. The van der Waals surface area contributed by atoms with Crippen LogP contribution < -0.4 is 4.90 Å². The second-order valence-corrected chi connectivity index (χ2v) is 4.29. The maximum absolute atomic E-state index is 13.3. The molecule has 0 aliphatic heterocycles. The van der Waals surface area contributed by atoms with E-state index in [-0.39, 0.29) is 17.1 Å². The second kappa shape index (κ2) is 6.01. The van der Waals surface area contributed by atoms with Gasteiger partial charge in [0.2, 0.25) is 0 Å². The van der Waals surface area contributed by atoms with Gasteiger partial charge in [0.05, 0.1) is 4.92 Å². The number of hydrogen-bond donors (Lipinski definition) is 0. The Morgan fingerprint density at radius 1 is 1.29 bits per heavy atom. The van der Waals surface area contributed by atoms with E-state index in [2.05, 4.69) is 0 Å². The Kier molecular flexibility index (Phi) is 4.14. The molecule has 0 unspecified atom stereocenters. The van der Waals surface area contributed by atoms with Crippen LogP contribution in [0.4, 0.5) is 21.5 Å². The minimum atomic E-state index is -0.596. The lowest BCUT2D eigenvalue weighted by Crippen LogP contribution is -2.16. The van der Waals surface area contributed by atoms with Crippen molar-refractivity contribution >= 4 is 17.1 Å². The number of nitro benzene ring substituents is 1. The Morgan fingerprint density at radius 3 is 2.57 bits per heavy atom. The maximum atomic E-state index is 13.3. The fourth-order valence-electron chi connectivity index (χ4n) is 2.09. The van der Waals surface area contributed by atoms with Gasteiger partial charge in [0.1, 0.15) is 17.4 Å². The molecule has 0 saturated carbocycles. The molecule has 0 radical (unpaired) electrons. The number of nitrogens with zero attached hydrogens (tertiary/aromatic N) is 3. The van der Waals surface area contributed by atoms with Gasteiger partial charge in [-0.05, 0) is 37.3 Å². The molecule has 21 heavy (non-hydrogen) atoms. The SMILES string of the molecule is CCN(c1cccc(F)c1)c1ccc(C#N)c([N+](=O)[O-])c1. The lowest BCUT2D eigenvalue weighted by molar-refractivity contribution is -0.385. The summed E-state index contributed by atoms with van der Waals surface area (Å²) >= 11 is 0. The number of anilines is 2. The number of rotatable bonds is 4. The van der Waals surface area contributed by atoms with Crippen LogP contribution in [0.5, 0.6) is 0 Å². The molecule has 0 heterocycles. The first-order valence-electron chi connectivity index (χ1n) is 6.28. The van der Waals surface area contributed by atoms with Crippen molar-refractivity contribution in [2.75, 3.05) is 11.4 Å². The van der Waals surface area contributed by atoms with Crippen LogP contribution >= 0.6 is 0 Å². The van der Waals surface area contributed by atoms with E-state index in [0.29, 0.717) is 17.9 Å². The van der Waals surface area contributed by atoms with E-state index in [1.54, 1.807) is 29.2 Å². The molecule has 106 valence electrons. The van der Waals surface area contributed by atoms with Gasteiger partial charge in [-0.3, -0.25) is 10.1 Å². The fraction of sp³-hybridized carbons (Fsp3) is 0.133. The molecule has 0 N–H and O–H groups in total. The lowest BCUT2D eigenvalue weighted by Gasteiger charge is -2.23. The highest BCUT2D eigenvalue weighted by molar-refractivity contribution is 5.68. The summed E-state index contributed by atoms with van der Waals surface area (Å²) in [4.78, 5) is 12.1. The van der Waals surface area contributed by atoms with Gasteiger partial charge in [-0.1, -0.05) is 6.07 Å². The zero-order valence-corrected chi connectivity index (χ0v) is 11.3. The summed E-state index contributed by atoms with van der Waals surface area (Å²) in [6, 6.07) is 12.1. The quantitative estimate of drug-likeness (QED) is 0.633. The molecule has 0 amide bonds. The van der Waals surface area contributed by atoms with Crippen molar-refractivity contribution in [3.63, 3.8) is 0 Å². The summed E-state index contributed by atoms with van der Waals surface area (Å²) in [7, 11) is 0. The molecule has 0 saturated heterocycles. The topological polar surface area (TPSA) is 70.2 Å². The molecule has 2 aromatic rings. The van der Waals surface area contributed by atoms with Gasteiger partial charge < -0.3 is 4.90 Å². The zero-order chi connectivity index (χ0) is 15.4. The molecule has 0 spiro atoms. The molecular formula is C15H12FN3O2. The van der Waals surface area contributed by atoms with E-state index in [4.69, 9.17) is 5.26 Å². The number of hydrogen-bond acceptors (Lipinski definition) is 4. The Hall–Kier alpha value is -2.94. The van der Waals surface area contributed by atoms with Crippen molar-refractivity contribution in [1.82, 2.24) is 0 Å². The molecule has 0 fully saturated rings. The van der Waals surface area contributed by atoms with Gasteiger partial charge in [-0.2, -0.15) is 5.26 Å². The lowest BCUT2D eigenvalue weighted by atomic mass is 10.1. The normalized spacial score (nSPS) is 9.95. The summed E-state index contributed by atoms with van der Waals surface area (Å²) in [5, 5.41) is 19.9. The minimum Gasteiger partial charge on any atom is -0.341 e. The summed E-state index contributed by atoms with van der Waals surface area (Å²) in [6.45, 7) is 2.36. The first-order valence-corrected chi connectivity index (χ1v) is 6.28. The van der Waals surface area contributed by atoms with E-state index in [1.807, 2.05) is 6.92 Å². The van der Waals surface area contributed by atoms with Crippen molar-refractivity contribution in [3.05, 3.63) is 64.0 Å². The molecular weight excluding hydrogens is 273 g/mol. The Morgan fingerprint density at radius 2 is 2.00 bits per heavy atom. The van der Waals surface area contributed by atoms with Gasteiger partial charge in [0.15, 0.2) is 0 Å². The monoisotopic (exact) mass is 285 g/mol. The van der Waals surface area contributed by atoms with Gasteiger partial charge in [0, 0.05) is 24.0 Å². The van der Waals surface area contributed by atoms with Gasteiger partial charge in [-0.25, -0.2) is 4.39 Å². The molecule has 2 aromatic carbocycles. The van der Waals surface area contributed by atoms with E-state index in [0.717, 1.165) is 0 Å². The van der Waals surface area contributed by atoms with Crippen LogP contribution in [0.2, 0.25) is 0 Å². The zero-order valence-electron chi connectivity index (χ0n) is 11.3. The summed E-state index contributed by atoms with van der Waals surface area (Å²) in [5.74, 6) is -0.380. The predicted molar refractivity (Wildman–Crippen MR) is 76.9 cm³/mol. The fourth-order valence-corrected chi connectivity index (χ4v) is 2.09. The summed E-state index contributed by atoms with van der Waals surface area (Å²) in [6.07, 6.45) is 0. The molecule has 0 aliphatic rings. The molecule has 0 aliphatic carbocycles. The second-order valence-electron chi connectivity index (χ2n) is 4.29. The highest BCUT2D eigenvalue weighted by Gasteiger charge is 2.17. The first-order chi connectivity index (χ1) is 10.1. The Bertz CT molecular complexity index is 725. The van der Waals surface area contributed by atoms with Crippen LogP contribution in [0.15, 0.2) is 42.5 Å². The predicted octanol–water partition coefficient (Wildman–Crippen LogP) is 3.76. The minimum absolute atomic E-state index is 0.000884. The molecule has 0 bridgehead atoms. The summed E-state index contributed by atoms with van der Waals surface area (Å²) < 4.78 is 13.3. The molecule has 0 atom stereocenters. The highest BCUT2D eigenvalue weighted by Crippen LogP contribution is 2.30. The van der Waals surface area contributed by atoms with Gasteiger partial charge in [-0.15, -0.1) is 0 Å². The number of halogens is 1. The van der Waals surface area contributed by atoms with Crippen LogP contribution in [0.1, 0.15) is 12.5 Å². The molecule has 6 heteroatoms. The van der Waals surface area contributed by atoms with E-state index in [1.165, 1.54) is 24.3 Å². The third kappa shape index (κ3) is 2.98. The van der Waals surface area contributed by atoms with Crippen molar-refractivity contribution in [2.45, 2.75) is 6.92 Å². The molecule has 2 rings (SSSR count). The van der Waals surface area contributed by atoms with Crippen LogP contribution in [-0.2, 0) is 0 Å². The smallest absolute Gasteiger partial charge is 0.289 e. The van der Waals surface area contributed by atoms with Crippen molar-refractivity contribution in [3.8, 4) is 6.07 Å². The van der Waals surface area contributed by atoms with Crippen LogP contribution in [-0.4, -0.2) is 11.5 Å². The number of nitro groups is 1. The van der Waals surface area contributed by atoms with Gasteiger partial charge >= 0.3 is 0 Å². The third-order valence-electron chi connectivity index (χ3n) is 3.05. The molecule has 5 nitrogen and oxygen atoms in total. The first kappa shape index (κ1) is 14.5. The third-order valence-corrected chi connectivity index (χ3v) is 3.05. The van der Waals surface area contributed by atoms with E-state index < -0.39 is 4.92 Å². The van der Waals surface area contributed by atoms with E-state index in [9.17, 15) is 14.5 Å². The van der Waals surface area contributed by atoms with Crippen LogP contribution in [0.25, 0.3) is 0 Å². The van der Waals surface area contributed by atoms with Crippen molar-refractivity contribution in [2.24, 2.45) is 0 Å². The Balaban J connectivity index is 2.51. The largest absolute Gasteiger partial charge is 0.341 e. The van der Waals surface area contributed by atoms with Gasteiger partial charge in [0.25, 0.3) is 5.69 Å². The highest BCUT2D eigenvalue weighted by atomic mass is 19.1. The maximum Gasteiger partial charge on any atom is 0.289 e. The average molecular weight is 285 g/mol. The Labute approximate surface area is 121 Å². The number of benzene rings is 2. The van der Waals surface area contributed by atoms with E-state index >= 15 is 0 Å². The standard InChI is InChI=1S/C15H12FN3O2/c1-2-18(13-5-3-4-12(16)8-13)14-7-6-11(10-17)15(9-14)19(20)21/h3-9H,2H2,1H3.